The summed E-state index contributed by atoms with van der Waals surface area (Å²) in [6.45, 7) is 0. The SMILES string of the molecule is O=C(O)CSc1nc(-c2ccco2)cc(C(F)F)n1. The first kappa shape index (κ1) is 13.5. The number of alkyl halides is 2. The van der Waals surface area contributed by atoms with Crippen molar-refractivity contribution in [2.75, 3.05) is 5.75 Å². The average Bonchev–Trinajstić information content (AvgIpc) is 2.89. The molecule has 0 saturated carbocycles. The van der Waals surface area contributed by atoms with Gasteiger partial charge in [-0.1, -0.05) is 11.8 Å². The number of furan rings is 1. The zero-order valence-electron chi connectivity index (χ0n) is 9.42. The fourth-order valence-corrected chi connectivity index (χ4v) is 1.88. The molecule has 2 aromatic heterocycles. The summed E-state index contributed by atoms with van der Waals surface area (Å²) in [4.78, 5) is 18.1. The average molecular weight is 286 g/mol. The Bertz CT molecular complexity index is 575. The Balaban J connectivity index is 2.35. The third kappa shape index (κ3) is 3.50. The second kappa shape index (κ2) is 5.79. The van der Waals surface area contributed by atoms with Crippen LogP contribution in [0, 0.1) is 0 Å². The van der Waals surface area contributed by atoms with E-state index in [-0.39, 0.29) is 16.6 Å². The minimum atomic E-state index is -2.76. The molecule has 0 amide bonds. The van der Waals surface area contributed by atoms with Crippen LogP contribution in [0.25, 0.3) is 11.5 Å². The summed E-state index contributed by atoms with van der Waals surface area (Å²) < 4.78 is 30.5. The van der Waals surface area contributed by atoms with Crippen molar-refractivity contribution >= 4 is 17.7 Å². The monoisotopic (exact) mass is 286 g/mol. The number of hydrogen-bond acceptors (Lipinski definition) is 5. The van der Waals surface area contributed by atoms with E-state index in [2.05, 4.69) is 9.97 Å². The summed E-state index contributed by atoms with van der Waals surface area (Å²) in [6.07, 6.45) is -1.37. The van der Waals surface area contributed by atoms with Gasteiger partial charge in [0, 0.05) is 0 Å². The standard InChI is InChI=1S/C11H8F2N2O3S/c12-10(13)7-4-6(8-2-1-3-18-8)14-11(15-7)19-5-9(16)17/h1-4,10H,5H2,(H,16,17). The molecule has 0 radical (unpaired) electrons. The summed E-state index contributed by atoms with van der Waals surface area (Å²) >= 11 is 0.775. The number of carboxylic acid groups (broad SMARTS) is 1. The molecule has 2 rings (SSSR count). The molecule has 100 valence electrons. The molecule has 0 spiro atoms. The lowest BCUT2D eigenvalue weighted by Gasteiger charge is -2.05. The number of thioether (sulfide) groups is 1. The summed E-state index contributed by atoms with van der Waals surface area (Å²) in [5, 5.41) is 8.54. The number of rotatable bonds is 5. The maximum absolute atomic E-state index is 12.7. The molecular formula is C11H8F2N2O3S. The van der Waals surface area contributed by atoms with E-state index in [4.69, 9.17) is 9.52 Å². The molecule has 0 aliphatic carbocycles. The van der Waals surface area contributed by atoms with Crippen molar-refractivity contribution < 1.29 is 23.1 Å². The van der Waals surface area contributed by atoms with Crippen molar-refractivity contribution in [2.24, 2.45) is 0 Å². The first-order valence-corrected chi connectivity index (χ1v) is 6.10. The summed E-state index contributed by atoms with van der Waals surface area (Å²) in [7, 11) is 0. The molecule has 1 N–H and O–H groups in total. The minimum Gasteiger partial charge on any atom is -0.481 e. The van der Waals surface area contributed by atoms with Crippen molar-refractivity contribution in [2.45, 2.75) is 11.6 Å². The predicted molar refractivity (Wildman–Crippen MR) is 63.1 cm³/mol. The molecule has 2 aromatic rings. The molecule has 0 aliphatic rings. The summed E-state index contributed by atoms with van der Waals surface area (Å²) in [6, 6.07) is 4.29. The highest BCUT2D eigenvalue weighted by Gasteiger charge is 2.16. The van der Waals surface area contributed by atoms with E-state index in [0.717, 1.165) is 17.8 Å². The topological polar surface area (TPSA) is 76.2 Å². The van der Waals surface area contributed by atoms with Gasteiger partial charge in [0.15, 0.2) is 10.9 Å². The van der Waals surface area contributed by atoms with Gasteiger partial charge in [0.05, 0.1) is 12.0 Å². The van der Waals surface area contributed by atoms with Crippen molar-refractivity contribution in [3.63, 3.8) is 0 Å². The Morgan fingerprint density at radius 2 is 2.26 bits per heavy atom. The fourth-order valence-electron chi connectivity index (χ4n) is 1.30. The quantitative estimate of drug-likeness (QED) is 0.672. The number of aliphatic carboxylic acids is 1. The molecule has 0 fully saturated rings. The highest BCUT2D eigenvalue weighted by Crippen LogP contribution is 2.26. The van der Waals surface area contributed by atoms with Gasteiger partial charge in [-0.15, -0.1) is 0 Å². The number of nitrogens with zero attached hydrogens (tertiary/aromatic N) is 2. The van der Waals surface area contributed by atoms with Crippen LogP contribution in [-0.2, 0) is 4.79 Å². The number of carbonyl (C=O) groups is 1. The highest BCUT2D eigenvalue weighted by atomic mass is 32.2. The lowest BCUT2D eigenvalue weighted by atomic mass is 10.3. The fraction of sp³-hybridized carbons (Fsp3) is 0.182. The second-order valence-corrected chi connectivity index (χ2v) is 4.36. The van der Waals surface area contributed by atoms with Crippen LogP contribution in [0.2, 0.25) is 0 Å². The van der Waals surface area contributed by atoms with Crippen molar-refractivity contribution in [1.29, 1.82) is 0 Å². The minimum absolute atomic E-state index is 0.0217. The van der Waals surface area contributed by atoms with Crippen LogP contribution in [0.3, 0.4) is 0 Å². The van der Waals surface area contributed by atoms with Crippen molar-refractivity contribution in [1.82, 2.24) is 9.97 Å². The van der Waals surface area contributed by atoms with Crippen LogP contribution in [0.1, 0.15) is 12.1 Å². The van der Waals surface area contributed by atoms with Crippen molar-refractivity contribution in [3.05, 3.63) is 30.2 Å². The number of carboxylic acids is 1. The third-order valence-electron chi connectivity index (χ3n) is 2.05. The largest absolute Gasteiger partial charge is 0.481 e. The molecule has 8 heteroatoms. The molecule has 0 bridgehead atoms. The third-order valence-corrected chi connectivity index (χ3v) is 2.88. The Morgan fingerprint density at radius 1 is 1.47 bits per heavy atom. The second-order valence-electron chi connectivity index (χ2n) is 3.42. The Kier molecular flexibility index (Phi) is 4.10. The van der Waals surface area contributed by atoms with Gasteiger partial charge in [0.25, 0.3) is 6.43 Å². The maximum Gasteiger partial charge on any atom is 0.313 e. The molecule has 2 heterocycles. The molecule has 19 heavy (non-hydrogen) atoms. The van der Waals surface area contributed by atoms with Crippen LogP contribution in [0.4, 0.5) is 8.78 Å². The van der Waals surface area contributed by atoms with Gasteiger partial charge in [-0.05, 0) is 18.2 Å². The lowest BCUT2D eigenvalue weighted by Crippen LogP contribution is -2.02. The summed E-state index contributed by atoms with van der Waals surface area (Å²) in [5.74, 6) is -1.05. The zero-order chi connectivity index (χ0) is 13.8. The predicted octanol–water partition coefficient (Wildman–Crippen LogP) is 2.85. The Hall–Kier alpha value is -1.96. The molecule has 0 saturated heterocycles. The molecule has 0 atom stereocenters. The number of aromatic nitrogens is 2. The zero-order valence-corrected chi connectivity index (χ0v) is 10.2. The Labute approximate surface area is 110 Å². The number of halogens is 2. The van der Waals surface area contributed by atoms with Gasteiger partial charge < -0.3 is 9.52 Å². The maximum atomic E-state index is 12.7. The molecule has 5 nitrogen and oxygen atoms in total. The van der Waals surface area contributed by atoms with E-state index in [1.54, 1.807) is 12.1 Å². The van der Waals surface area contributed by atoms with Gasteiger partial charge >= 0.3 is 5.97 Å². The normalized spacial score (nSPS) is 10.9. The van der Waals surface area contributed by atoms with Gasteiger partial charge in [0.1, 0.15) is 11.4 Å². The van der Waals surface area contributed by atoms with Gasteiger partial charge in [-0.2, -0.15) is 0 Å². The van der Waals surface area contributed by atoms with E-state index in [0.29, 0.717) is 5.76 Å². The molecule has 0 aliphatic heterocycles. The summed E-state index contributed by atoms with van der Waals surface area (Å²) in [5.41, 5.74) is -0.266. The van der Waals surface area contributed by atoms with Crippen LogP contribution in [-0.4, -0.2) is 26.8 Å². The van der Waals surface area contributed by atoms with E-state index < -0.39 is 18.1 Å². The van der Waals surface area contributed by atoms with Crippen LogP contribution >= 0.6 is 11.8 Å². The van der Waals surface area contributed by atoms with Crippen molar-refractivity contribution in [3.8, 4) is 11.5 Å². The first-order chi connectivity index (χ1) is 9.06. The molecule has 0 aromatic carbocycles. The smallest absolute Gasteiger partial charge is 0.313 e. The first-order valence-electron chi connectivity index (χ1n) is 5.12. The van der Waals surface area contributed by atoms with Gasteiger partial charge in [-0.25, -0.2) is 18.7 Å². The van der Waals surface area contributed by atoms with E-state index in [1.807, 2.05) is 0 Å². The van der Waals surface area contributed by atoms with Crippen LogP contribution in [0.15, 0.2) is 34.0 Å². The van der Waals surface area contributed by atoms with Gasteiger partial charge in [-0.3, -0.25) is 4.79 Å². The van der Waals surface area contributed by atoms with E-state index >= 15 is 0 Å². The Morgan fingerprint density at radius 3 is 2.84 bits per heavy atom. The molecule has 0 unspecified atom stereocenters. The van der Waals surface area contributed by atoms with Gasteiger partial charge in [0.2, 0.25) is 0 Å². The highest BCUT2D eigenvalue weighted by molar-refractivity contribution is 7.99. The molecular weight excluding hydrogens is 278 g/mol. The van der Waals surface area contributed by atoms with E-state index in [9.17, 15) is 13.6 Å². The van der Waals surface area contributed by atoms with E-state index in [1.165, 1.54) is 6.26 Å². The number of hydrogen-bond donors (Lipinski definition) is 1. The lowest BCUT2D eigenvalue weighted by molar-refractivity contribution is -0.133. The van der Waals surface area contributed by atoms with Crippen LogP contribution < -0.4 is 0 Å². The van der Waals surface area contributed by atoms with Crippen LogP contribution in [0.5, 0.6) is 0 Å².